The lowest BCUT2D eigenvalue weighted by Crippen LogP contribution is -2.35. The molecule has 0 bridgehead atoms. The van der Waals surface area contributed by atoms with Crippen LogP contribution in [0.4, 0.5) is 0 Å². The van der Waals surface area contributed by atoms with Crippen molar-refractivity contribution in [2.75, 3.05) is 13.1 Å². The minimum absolute atomic E-state index is 0.421. The number of nitrogens with zero attached hydrogens (tertiary/aromatic N) is 5. The summed E-state index contributed by atoms with van der Waals surface area (Å²) in [5, 5.41) is 13.9. The highest BCUT2D eigenvalue weighted by atomic mass is 15.3. The third-order valence-corrected chi connectivity index (χ3v) is 8.00. The zero-order valence-corrected chi connectivity index (χ0v) is 20.0. The van der Waals surface area contributed by atoms with Crippen LogP contribution in [0.25, 0.3) is 27.7 Å². The van der Waals surface area contributed by atoms with Gasteiger partial charge in [0.05, 0.1) is 11.2 Å². The van der Waals surface area contributed by atoms with E-state index in [0.717, 1.165) is 22.8 Å². The minimum Gasteiger partial charge on any atom is -0.300 e. The van der Waals surface area contributed by atoms with Crippen molar-refractivity contribution in [2.45, 2.75) is 77.2 Å². The van der Waals surface area contributed by atoms with Crippen molar-refractivity contribution >= 4 is 16.6 Å². The molecule has 1 saturated heterocycles. The Morgan fingerprint density at radius 3 is 2.58 bits per heavy atom. The molecule has 2 fully saturated rings. The van der Waals surface area contributed by atoms with Crippen LogP contribution in [0, 0.1) is 6.92 Å². The number of H-pyrrole nitrogens is 1. The Morgan fingerprint density at radius 2 is 1.82 bits per heavy atom. The number of fused-ring (bicyclic) bond motifs is 2. The average molecular weight is 443 g/mol. The number of hydrogen-bond donors (Lipinski definition) is 1. The van der Waals surface area contributed by atoms with Crippen LogP contribution in [0.15, 0.2) is 30.7 Å². The number of pyridine rings is 1. The lowest BCUT2D eigenvalue weighted by molar-refractivity contribution is 0.181. The highest BCUT2D eigenvalue weighted by Crippen LogP contribution is 2.40. The number of aromatic amines is 1. The molecular weight excluding hydrogens is 408 g/mol. The molecule has 6 rings (SSSR count). The normalized spacial score (nSPS) is 22.2. The summed E-state index contributed by atoms with van der Waals surface area (Å²) < 4.78 is 1.89. The third kappa shape index (κ3) is 3.65. The van der Waals surface area contributed by atoms with E-state index in [1.54, 1.807) is 6.33 Å². The van der Waals surface area contributed by atoms with Crippen LogP contribution in [0.3, 0.4) is 0 Å². The van der Waals surface area contributed by atoms with Gasteiger partial charge in [-0.05, 0) is 99.3 Å². The van der Waals surface area contributed by atoms with E-state index in [9.17, 15) is 0 Å². The second kappa shape index (κ2) is 8.24. The first kappa shape index (κ1) is 20.8. The van der Waals surface area contributed by atoms with Gasteiger partial charge in [-0.1, -0.05) is 13.8 Å². The summed E-state index contributed by atoms with van der Waals surface area (Å²) in [4.78, 5) is 7.11. The second-order valence-electron chi connectivity index (χ2n) is 10.4. The summed E-state index contributed by atoms with van der Waals surface area (Å²) in [6, 6.07) is 7.73. The van der Waals surface area contributed by atoms with E-state index in [-0.39, 0.29) is 0 Å². The molecule has 4 aromatic rings. The molecule has 33 heavy (non-hydrogen) atoms. The smallest absolute Gasteiger partial charge is 0.158 e. The quantitative estimate of drug-likeness (QED) is 0.432. The van der Waals surface area contributed by atoms with Gasteiger partial charge in [0.25, 0.3) is 0 Å². The Labute approximate surface area is 195 Å². The maximum Gasteiger partial charge on any atom is 0.158 e. The summed E-state index contributed by atoms with van der Waals surface area (Å²) in [5.74, 6) is 0.988. The fraction of sp³-hybridized carbons (Fsp3) is 0.519. The molecule has 1 aromatic carbocycles. The average Bonchev–Trinajstić information content (AvgIpc) is 3.58. The van der Waals surface area contributed by atoms with Crippen molar-refractivity contribution in [1.29, 1.82) is 0 Å². The van der Waals surface area contributed by atoms with Crippen molar-refractivity contribution in [3.05, 3.63) is 47.5 Å². The van der Waals surface area contributed by atoms with Crippen molar-refractivity contribution in [2.24, 2.45) is 0 Å². The van der Waals surface area contributed by atoms with Gasteiger partial charge in [-0.3, -0.25) is 5.10 Å². The van der Waals surface area contributed by atoms with Gasteiger partial charge in [0.1, 0.15) is 6.33 Å². The van der Waals surface area contributed by atoms with Gasteiger partial charge < -0.3 is 4.90 Å². The van der Waals surface area contributed by atoms with E-state index in [1.807, 2.05) is 4.52 Å². The number of aryl methyl sites for hydroxylation is 1. The number of likely N-dealkylation sites (tertiary alicyclic amines) is 1. The van der Waals surface area contributed by atoms with Gasteiger partial charge >= 0.3 is 0 Å². The zero-order valence-electron chi connectivity index (χ0n) is 20.0. The predicted molar refractivity (Wildman–Crippen MR) is 133 cm³/mol. The van der Waals surface area contributed by atoms with E-state index < -0.39 is 0 Å². The zero-order chi connectivity index (χ0) is 22.5. The number of nitrogens with one attached hydrogen (secondary N) is 1. The van der Waals surface area contributed by atoms with Crippen molar-refractivity contribution in [3.8, 4) is 11.1 Å². The maximum absolute atomic E-state index is 4.87. The largest absolute Gasteiger partial charge is 0.300 e. The maximum atomic E-state index is 4.87. The number of rotatable bonds is 4. The number of hydrogen-bond acceptors (Lipinski definition) is 4. The van der Waals surface area contributed by atoms with Gasteiger partial charge in [-0.2, -0.15) is 10.2 Å². The molecule has 172 valence electrons. The Balaban J connectivity index is 1.35. The first-order valence-electron chi connectivity index (χ1n) is 12.6. The fourth-order valence-corrected chi connectivity index (χ4v) is 6.20. The molecular formula is C27H34N6. The highest BCUT2D eigenvalue weighted by Gasteiger charge is 2.30. The van der Waals surface area contributed by atoms with Gasteiger partial charge in [-0.15, -0.1) is 0 Å². The second-order valence-corrected chi connectivity index (χ2v) is 10.4. The standard InChI is InChI=1S/C27H34N6/c1-17(2)22-13-24-25(14-23(22)20-12-18(3)27-28-16-29-33(27)15-20)30-31-26(24)19-6-8-21(9-7-19)32-10-4-5-11-32/h12-17,19,21H,4-11H2,1-3H3,(H,30,31). The molecule has 0 atom stereocenters. The summed E-state index contributed by atoms with van der Waals surface area (Å²) in [6.07, 6.45) is 11.6. The van der Waals surface area contributed by atoms with E-state index in [2.05, 4.69) is 65.2 Å². The minimum atomic E-state index is 0.421. The topological polar surface area (TPSA) is 62.1 Å². The molecule has 6 heteroatoms. The Kier molecular flexibility index (Phi) is 5.21. The van der Waals surface area contributed by atoms with Gasteiger partial charge in [-0.25, -0.2) is 9.50 Å². The molecule has 0 amide bonds. The Morgan fingerprint density at radius 1 is 1.03 bits per heavy atom. The third-order valence-electron chi connectivity index (χ3n) is 8.00. The van der Waals surface area contributed by atoms with E-state index in [0.29, 0.717) is 11.8 Å². The predicted octanol–water partition coefficient (Wildman–Crippen LogP) is 5.83. The van der Waals surface area contributed by atoms with Crippen LogP contribution in [0.1, 0.15) is 81.0 Å². The lowest BCUT2D eigenvalue weighted by Gasteiger charge is -2.34. The summed E-state index contributed by atoms with van der Waals surface area (Å²) in [7, 11) is 0. The summed E-state index contributed by atoms with van der Waals surface area (Å²) in [5.41, 5.74) is 8.28. The van der Waals surface area contributed by atoms with E-state index in [1.165, 1.54) is 79.4 Å². The summed E-state index contributed by atoms with van der Waals surface area (Å²) in [6.45, 7) is 9.29. The molecule has 2 aliphatic rings. The fourth-order valence-electron chi connectivity index (χ4n) is 6.20. The molecule has 1 saturated carbocycles. The lowest BCUT2D eigenvalue weighted by atomic mass is 9.82. The molecule has 1 aliphatic heterocycles. The van der Waals surface area contributed by atoms with Crippen LogP contribution >= 0.6 is 0 Å². The molecule has 4 heterocycles. The first-order chi connectivity index (χ1) is 16.1. The van der Waals surface area contributed by atoms with Crippen LogP contribution in [0.2, 0.25) is 0 Å². The molecule has 0 unspecified atom stereocenters. The first-order valence-corrected chi connectivity index (χ1v) is 12.6. The van der Waals surface area contributed by atoms with Gasteiger partial charge in [0.2, 0.25) is 0 Å². The van der Waals surface area contributed by atoms with Gasteiger partial charge in [0.15, 0.2) is 5.65 Å². The molecule has 0 radical (unpaired) electrons. The molecule has 1 aliphatic carbocycles. The Bertz CT molecular complexity index is 1280. The molecule has 0 spiro atoms. The van der Waals surface area contributed by atoms with Crippen molar-refractivity contribution in [3.63, 3.8) is 0 Å². The van der Waals surface area contributed by atoms with E-state index >= 15 is 0 Å². The van der Waals surface area contributed by atoms with Crippen LogP contribution < -0.4 is 0 Å². The van der Waals surface area contributed by atoms with E-state index in [4.69, 9.17) is 5.10 Å². The Hall–Kier alpha value is -2.73. The van der Waals surface area contributed by atoms with Crippen LogP contribution in [0.5, 0.6) is 0 Å². The number of aromatic nitrogens is 5. The SMILES string of the molecule is Cc1cc(-c2cc3[nH]nc(C4CCC(N5CCCC5)CC4)c3cc2C(C)C)cn2ncnc12. The number of benzene rings is 1. The molecule has 6 nitrogen and oxygen atoms in total. The molecule has 3 aromatic heterocycles. The monoisotopic (exact) mass is 442 g/mol. The highest BCUT2D eigenvalue weighted by molar-refractivity contribution is 5.89. The van der Waals surface area contributed by atoms with Crippen molar-refractivity contribution < 1.29 is 0 Å². The van der Waals surface area contributed by atoms with Crippen LogP contribution in [-0.2, 0) is 0 Å². The van der Waals surface area contributed by atoms with Crippen molar-refractivity contribution in [1.82, 2.24) is 29.7 Å². The molecule has 1 N–H and O–H groups in total. The summed E-state index contributed by atoms with van der Waals surface area (Å²) >= 11 is 0. The van der Waals surface area contributed by atoms with Crippen LogP contribution in [-0.4, -0.2) is 48.8 Å². The van der Waals surface area contributed by atoms with Gasteiger partial charge in [0, 0.05) is 29.1 Å².